The minimum atomic E-state index is -0.877. The normalized spacial score (nSPS) is 19.4. The Hall–Kier alpha value is -3.39. The van der Waals surface area contributed by atoms with Crippen molar-refractivity contribution in [3.05, 3.63) is 53.3 Å². The second kappa shape index (κ2) is 9.58. The van der Waals surface area contributed by atoms with E-state index in [4.69, 9.17) is 15.6 Å². The van der Waals surface area contributed by atoms with E-state index in [1.54, 1.807) is 5.01 Å². The first-order valence-corrected chi connectivity index (χ1v) is 12.9. The lowest BCUT2D eigenvalue weighted by Gasteiger charge is -2.38. The Morgan fingerprint density at radius 3 is 2.50 bits per heavy atom. The number of fused-ring (bicyclic) bond motifs is 1. The summed E-state index contributed by atoms with van der Waals surface area (Å²) in [4.78, 5) is 22.7. The fourth-order valence-corrected chi connectivity index (χ4v) is 5.47. The van der Waals surface area contributed by atoms with E-state index in [0.29, 0.717) is 17.9 Å². The van der Waals surface area contributed by atoms with Crippen molar-refractivity contribution in [1.29, 1.82) is 0 Å². The van der Waals surface area contributed by atoms with Gasteiger partial charge >= 0.3 is 0 Å². The first-order valence-electron chi connectivity index (χ1n) is 12.9. The summed E-state index contributed by atoms with van der Waals surface area (Å²) in [5.41, 5.74) is 12.1. The highest BCUT2D eigenvalue weighted by molar-refractivity contribution is 6.02. The number of benzene rings is 1. The van der Waals surface area contributed by atoms with Crippen LogP contribution in [0.4, 0.5) is 0 Å². The number of hydrogen-bond donors (Lipinski definition) is 2. The standard InChI is InChI=1S/C28H36N6O2/c1-16(2)24-22-15-20(6-7-23(22)31-25(24)19-8-11-30-18(5)14-19)27-32-34(28(36-27)26(29)35)21-9-12-33(13-10-21)17(3)4/h6-8,11,14-17,21,28,31H,9-10,12-13H2,1-5H3,(H2,29,35). The van der Waals surface area contributed by atoms with Crippen molar-refractivity contribution in [3.63, 3.8) is 0 Å². The number of ether oxygens (including phenoxy) is 1. The van der Waals surface area contributed by atoms with Crippen LogP contribution in [0.15, 0.2) is 41.6 Å². The fraction of sp³-hybridized carbons (Fsp3) is 0.464. The number of primary amides is 1. The van der Waals surface area contributed by atoms with Gasteiger partial charge in [0.2, 0.25) is 5.90 Å². The second-order valence-electron chi connectivity index (χ2n) is 10.5. The summed E-state index contributed by atoms with van der Waals surface area (Å²) in [5, 5.41) is 7.72. The minimum absolute atomic E-state index is 0.124. The van der Waals surface area contributed by atoms with Crippen LogP contribution in [0.3, 0.4) is 0 Å². The van der Waals surface area contributed by atoms with Crippen molar-refractivity contribution in [1.82, 2.24) is 19.9 Å². The average Bonchev–Trinajstić information content (AvgIpc) is 3.46. The van der Waals surface area contributed by atoms with Gasteiger partial charge in [-0.3, -0.25) is 9.78 Å². The molecule has 2 aliphatic heterocycles. The van der Waals surface area contributed by atoms with E-state index in [1.165, 1.54) is 5.56 Å². The van der Waals surface area contributed by atoms with Gasteiger partial charge < -0.3 is 20.4 Å². The largest absolute Gasteiger partial charge is 0.441 e. The molecule has 0 bridgehead atoms. The van der Waals surface area contributed by atoms with Gasteiger partial charge in [0.15, 0.2) is 0 Å². The molecule has 0 radical (unpaired) electrons. The van der Waals surface area contributed by atoms with E-state index in [2.05, 4.69) is 60.8 Å². The van der Waals surface area contributed by atoms with Gasteiger partial charge in [-0.25, -0.2) is 5.01 Å². The molecule has 8 nitrogen and oxygen atoms in total. The molecule has 0 saturated carbocycles. The lowest BCUT2D eigenvalue weighted by atomic mass is 9.95. The number of rotatable bonds is 6. The number of hydrazone groups is 1. The van der Waals surface area contributed by atoms with Crippen LogP contribution < -0.4 is 5.73 Å². The minimum Gasteiger partial charge on any atom is -0.441 e. The van der Waals surface area contributed by atoms with Crippen LogP contribution in [0.1, 0.15) is 63.3 Å². The average molecular weight is 489 g/mol. The SMILES string of the molecule is Cc1cc(-c2[nH]c3ccc(C4=NN(C5CCN(C(C)C)CC5)C(C(N)=O)O4)cc3c2C(C)C)ccn1. The van der Waals surface area contributed by atoms with E-state index < -0.39 is 12.1 Å². The maximum atomic E-state index is 12.3. The number of likely N-dealkylation sites (tertiary alicyclic amines) is 1. The number of piperidine rings is 1. The first-order chi connectivity index (χ1) is 17.2. The number of aromatic nitrogens is 2. The molecule has 0 spiro atoms. The van der Waals surface area contributed by atoms with Crippen molar-refractivity contribution in [2.24, 2.45) is 10.8 Å². The van der Waals surface area contributed by atoms with E-state index >= 15 is 0 Å². The van der Waals surface area contributed by atoms with Crippen molar-refractivity contribution in [3.8, 4) is 11.3 Å². The number of H-pyrrole nitrogens is 1. The molecule has 8 heteroatoms. The fourth-order valence-electron chi connectivity index (χ4n) is 5.47. The van der Waals surface area contributed by atoms with E-state index in [9.17, 15) is 4.79 Å². The summed E-state index contributed by atoms with van der Waals surface area (Å²) >= 11 is 0. The van der Waals surface area contributed by atoms with Crippen LogP contribution in [-0.4, -0.2) is 63.1 Å². The molecule has 3 N–H and O–H groups in total. The van der Waals surface area contributed by atoms with Gasteiger partial charge in [0, 0.05) is 53.1 Å². The predicted octanol–water partition coefficient (Wildman–Crippen LogP) is 4.34. The second-order valence-corrected chi connectivity index (χ2v) is 10.5. The third kappa shape index (κ3) is 4.46. The maximum absolute atomic E-state index is 12.3. The molecule has 190 valence electrons. The number of amides is 1. The summed E-state index contributed by atoms with van der Waals surface area (Å²) < 4.78 is 6.07. The Morgan fingerprint density at radius 2 is 1.86 bits per heavy atom. The van der Waals surface area contributed by atoms with Gasteiger partial charge in [0.1, 0.15) is 0 Å². The lowest BCUT2D eigenvalue weighted by molar-refractivity contribution is -0.134. The van der Waals surface area contributed by atoms with Gasteiger partial charge in [-0.1, -0.05) is 13.8 Å². The summed E-state index contributed by atoms with van der Waals surface area (Å²) in [5.74, 6) is 0.232. The molecular weight excluding hydrogens is 452 g/mol. The van der Waals surface area contributed by atoms with Crippen LogP contribution in [-0.2, 0) is 9.53 Å². The van der Waals surface area contributed by atoms with Crippen molar-refractivity contribution in [2.75, 3.05) is 13.1 Å². The zero-order valence-electron chi connectivity index (χ0n) is 21.8. The van der Waals surface area contributed by atoms with Crippen molar-refractivity contribution in [2.45, 2.75) is 71.7 Å². The van der Waals surface area contributed by atoms with Crippen LogP contribution >= 0.6 is 0 Å². The summed E-state index contributed by atoms with van der Waals surface area (Å²) in [6.45, 7) is 12.8. The molecule has 1 saturated heterocycles. The highest BCUT2D eigenvalue weighted by Crippen LogP contribution is 2.37. The first kappa shape index (κ1) is 24.3. The molecule has 2 aliphatic rings. The van der Waals surface area contributed by atoms with Crippen molar-refractivity contribution < 1.29 is 9.53 Å². The molecule has 2 aromatic heterocycles. The third-order valence-electron chi connectivity index (χ3n) is 7.37. The molecule has 5 rings (SSSR count). The number of nitrogens with zero attached hydrogens (tertiary/aromatic N) is 4. The van der Waals surface area contributed by atoms with Crippen molar-refractivity contribution >= 4 is 22.7 Å². The molecular formula is C28H36N6O2. The summed E-state index contributed by atoms with van der Waals surface area (Å²) in [7, 11) is 0. The molecule has 1 unspecified atom stereocenters. The van der Waals surface area contributed by atoms with E-state index in [-0.39, 0.29) is 6.04 Å². The van der Waals surface area contributed by atoms with Gasteiger partial charge in [-0.15, -0.1) is 5.10 Å². The number of aryl methyl sites for hydroxylation is 1. The lowest BCUT2D eigenvalue weighted by Crippen LogP contribution is -2.50. The van der Waals surface area contributed by atoms with Gasteiger partial charge in [-0.2, -0.15) is 0 Å². The van der Waals surface area contributed by atoms with E-state index in [1.807, 2.05) is 25.3 Å². The molecule has 0 aliphatic carbocycles. The number of aromatic amines is 1. The number of pyridine rings is 1. The zero-order chi connectivity index (χ0) is 25.6. The Labute approximate surface area is 212 Å². The molecule has 1 amide bonds. The smallest absolute Gasteiger partial charge is 0.281 e. The van der Waals surface area contributed by atoms with E-state index in [0.717, 1.165) is 59.3 Å². The Morgan fingerprint density at radius 1 is 1.11 bits per heavy atom. The molecule has 4 heterocycles. The van der Waals surface area contributed by atoms with Gasteiger partial charge in [0.25, 0.3) is 12.1 Å². The predicted molar refractivity (Wildman–Crippen MR) is 143 cm³/mol. The van der Waals surface area contributed by atoms with Crippen LogP contribution in [0.2, 0.25) is 0 Å². The maximum Gasteiger partial charge on any atom is 0.281 e. The Kier molecular flexibility index (Phi) is 6.47. The number of carbonyl (C=O) groups excluding carboxylic acids is 1. The number of hydrogen-bond acceptors (Lipinski definition) is 6. The molecule has 3 aromatic rings. The van der Waals surface area contributed by atoms with Crippen LogP contribution in [0, 0.1) is 6.92 Å². The third-order valence-corrected chi connectivity index (χ3v) is 7.37. The quantitative estimate of drug-likeness (QED) is 0.538. The number of nitrogens with one attached hydrogen (secondary N) is 1. The monoisotopic (exact) mass is 488 g/mol. The zero-order valence-corrected chi connectivity index (χ0v) is 21.8. The summed E-state index contributed by atoms with van der Waals surface area (Å²) in [6, 6.07) is 10.9. The Bertz CT molecular complexity index is 1300. The highest BCUT2D eigenvalue weighted by Gasteiger charge is 2.39. The number of carbonyl (C=O) groups is 1. The topological polar surface area (TPSA) is 99.8 Å². The number of nitrogens with two attached hydrogens (primary N) is 1. The molecule has 1 aromatic carbocycles. The summed E-state index contributed by atoms with van der Waals surface area (Å²) in [6.07, 6.45) is 2.81. The highest BCUT2D eigenvalue weighted by atomic mass is 16.5. The van der Waals surface area contributed by atoms with Gasteiger partial charge in [-0.05, 0) is 75.4 Å². The van der Waals surface area contributed by atoms with Gasteiger partial charge in [0.05, 0.1) is 11.7 Å². The van der Waals surface area contributed by atoms with Crippen LogP contribution in [0.25, 0.3) is 22.2 Å². The molecule has 1 fully saturated rings. The molecule has 1 atom stereocenters. The molecule has 36 heavy (non-hydrogen) atoms. The van der Waals surface area contributed by atoms with Crippen LogP contribution in [0.5, 0.6) is 0 Å². The Balaban J connectivity index is 1.50.